The molecule has 1 aliphatic carbocycles. The highest BCUT2D eigenvalue weighted by Crippen LogP contribution is 2.25. The van der Waals surface area contributed by atoms with E-state index in [0.29, 0.717) is 6.04 Å². The van der Waals surface area contributed by atoms with Crippen molar-refractivity contribution < 1.29 is 4.74 Å². The summed E-state index contributed by atoms with van der Waals surface area (Å²) in [6, 6.07) is 9.01. The lowest BCUT2D eigenvalue weighted by Gasteiger charge is -2.12. The summed E-state index contributed by atoms with van der Waals surface area (Å²) in [7, 11) is 0. The van der Waals surface area contributed by atoms with Gasteiger partial charge in [0.25, 0.3) is 0 Å². The second kappa shape index (κ2) is 6.79. The van der Waals surface area contributed by atoms with Crippen molar-refractivity contribution in [1.29, 1.82) is 0 Å². The van der Waals surface area contributed by atoms with E-state index >= 15 is 0 Å². The predicted octanol–water partition coefficient (Wildman–Crippen LogP) is 3.75. The molecule has 2 nitrogen and oxygen atoms in total. The molecule has 0 saturated heterocycles. The van der Waals surface area contributed by atoms with E-state index in [0.717, 1.165) is 24.8 Å². The summed E-state index contributed by atoms with van der Waals surface area (Å²) in [6.07, 6.45) is 5.45. The highest BCUT2D eigenvalue weighted by Gasteiger charge is 2.15. The molecular weight excluding hydrogens is 222 g/mol. The normalized spacial score (nSPS) is 16.4. The van der Waals surface area contributed by atoms with Crippen LogP contribution in [0.5, 0.6) is 5.75 Å². The molecule has 0 radical (unpaired) electrons. The number of benzene rings is 1. The van der Waals surface area contributed by atoms with E-state index in [1.165, 1.54) is 31.2 Å². The van der Waals surface area contributed by atoms with Crippen LogP contribution in [0.25, 0.3) is 0 Å². The smallest absolute Gasteiger partial charge is 0.119 e. The topological polar surface area (TPSA) is 21.3 Å². The Morgan fingerprint density at radius 1 is 1.17 bits per heavy atom. The van der Waals surface area contributed by atoms with Crippen molar-refractivity contribution in [3.8, 4) is 5.75 Å². The van der Waals surface area contributed by atoms with Gasteiger partial charge >= 0.3 is 0 Å². The molecule has 1 aromatic rings. The molecular formula is C16H25NO. The van der Waals surface area contributed by atoms with E-state index in [-0.39, 0.29) is 0 Å². The first-order valence-electron chi connectivity index (χ1n) is 7.19. The Hall–Kier alpha value is -1.02. The standard InChI is InChI=1S/C16H25NO/c1-13(2)17-11-14-7-9-16(10-8-14)18-12-15-5-3-4-6-15/h7-10,13,15,17H,3-6,11-12H2,1-2H3. The fraction of sp³-hybridized carbons (Fsp3) is 0.625. The Bertz CT molecular complexity index is 339. The maximum Gasteiger partial charge on any atom is 0.119 e. The monoisotopic (exact) mass is 247 g/mol. The highest BCUT2D eigenvalue weighted by molar-refractivity contribution is 5.27. The van der Waals surface area contributed by atoms with Gasteiger partial charge in [-0.1, -0.05) is 38.8 Å². The van der Waals surface area contributed by atoms with Gasteiger partial charge in [-0.05, 0) is 36.5 Å². The summed E-state index contributed by atoms with van der Waals surface area (Å²) in [5.41, 5.74) is 1.32. The molecule has 1 N–H and O–H groups in total. The first-order valence-corrected chi connectivity index (χ1v) is 7.19. The minimum absolute atomic E-state index is 0.531. The quantitative estimate of drug-likeness (QED) is 0.826. The molecule has 0 amide bonds. The average molecular weight is 247 g/mol. The van der Waals surface area contributed by atoms with Crippen LogP contribution in [0.2, 0.25) is 0 Å². The van der Waals surface area contributed by atoms with Crippen LogP contribution in [-0.4, -0.2) is 12.6 Å². The second-order valence-electron chi connectivity index (χ2n) is 5.64. The van der Waals surface area contributed by atoms with Crippen LogP contribution >= 0.6 is 0 Å². The number of rotatable bonds is 6. The summed E-state index contributed by atoms with van der Waals surface area (Å²) >= 11 is 0. The predicted molar refractivity (Wildman–Crippen MR) is 75.9 cm³/mol. The van der Waals surface area contributed by atoms with Gasteiger partial charge in [0.1, 0.15) is 5.75 Å². The molecule has 0 unspecified atom stereocenters. The molecule has 1 aliphatic rings. The Balaban J connectivity index is 1.76. The Kier molecular flexibility index (Phi) is 5.06. The van der Waals surface area contributed by atoms with Crippen molar-refractivity contribution in [1.82, 2.24) is 5.32 Å². The van der Waals surface area contributed by atoms with Gasteiger partial charge < -0.3 is 10.1 Å². The molecule has 1 saturated carbocycles. The minimum atomic E-state index is 0.531. The number of ether oxygens (including phenoxy) is 1. The minimum Gasteiger partial charge on any atom is -0.493 e. The van der Waals surface area contributed by atoms with Crippen LogP contribution in [0.4, 0.5) is 0 Å². The zero-order valence-corrected chi connectivity index (χ0v) is 11.6. The molecule has 1 fully saturated rings. The lowest BCUT2D eigenvalue weighted by atomic mass is 10.1. The van der Waals surface area contributed by atoms with Gasteiger partial charge in [0.15, 0.2) is 0 Å². The number of hydrogen-bond acceptors (Lipinski definition) is 2. The Morgan fingerprint density at radius 2 is 1.83 bits per heavy atom. The zero-order chi connectivity index (χ0) is 12.8. The van der Waals surface area contributed by atoms with Crippen LogP contribution < -0.4 is 10.1 Å². The third-order valence-corrected chi connectivity index (χ3v) is 3.60. The van der Waals surface area contributed by atoms with Gasteiger partial charge in [-0.15, -0.1) is 0 Å². The van der Waals surface area contributed by atoms with Gasteiger partial charge in [0.05, 0.1) is 6.61 Å². The SMILES string of the molecule is CC(C)NCc1ccc(OCC2CCCC2)cc1. The summed E-state index contributed by atoms with van der Waals surface area (Å²) in [5.74, 6) is 1.79. The largest absolute Gasteiger partial charge is 0.493 e. The number of nitrogens with one attached hydrogen (secondary N) is 1. The third kappa shape index (κ3) is 4.34. The van der Waals surface area contributed by atoms with Crippen molar-refractivity contribution >= 4 is 0 Å². The van der Waals surface area contributed by atoms with Crippen molar-refractivity contribution in [2.24, 2.45) is 5.92 Å². The lowest BCUT2D eigenvalue weighted by Crippen LogP contribution is -2.21. The first kappa shape index (κ1) is 13.4. The molecule has 0 aromatic heterocycles. The molecule has 0 bridgehead atoms. The van der Waals surface area contributed by atoms with E-state index in [9.17, 15) is 0 Å². The third-order valence-electron chi connectivity index (χ3n) is 3.60. The summed E-state index contributed by atoms with van der Waals surface area (Å²) in [4.78, 5) is 0. The van der Waals surface area contributed by atoms with Crippen LogP contribution in [0, 0.1) is 5.92 Å². The maximum absolute atomic E-state index is 5.85. The summed E-state index contributed by atoms with van der Waals surface area (Å²) in [5, 5.41) is 3.42. The van der Waals surface area contributed by atoms with Gasteiger partial charge in [-0.25, -0.2) is 0 Å². The van der Waals surface area contributed by atoms with Crippen LogP contribution in [0.1, 0.15) is 45.1 Å². The fourth-order valence-electron chi connectivity index (χ4n) is 2.42. The molecule has 0 aliphatic heterocycles. The molecule has 0 spiro atoms. The van der Waals surface area contributed by atoms with Crippen LogP contribution in [0.3, 0.4) is 0 Å². The number of hydrogen-bond donors (Lipinski definition) is 1. The van der Waals surface area contributed by atoms with Crippen molar-refractivity contribution in [3.63, 3.8) is 0 Å². The Morgan fingerprint density at radius 3 is 2.44 bits per heavy atom. The average Bonchev–Trinajstić information content (AvgIpc) is 2.88. The van der Waals surface area contributed by atoms with Crippen molar-refractivity contribution in [3.05, 3.63) is 29.8 Å². The Labute approximate surface area is 111 Å². The first-order chi connectivity index (χ1) is 8.74. The van der Waals surface area contributed by atoms with Gasteiger partial charge in [0, 0.05) is 12.6 Å². The van der Waals surface area contributed by atoms with Gasteiger partial charge in [-0.3, -0.25) is 0 Å². The molecule has 18 heavy (non-hydrogen) atoms. The zero-order valence-electron chi connectivity index (χ0n) is 11.6. The molecule has 2 rings (SSSR count). The van der Waals surface area contributed by atoms with Gasteiger partial charge in [-0.2, -0.15) is 0 Å². The van der Waals surface area contributed by atoms with Gasteiger partial charge in [0.2, 0.25) is 0 Å². The van der Waals surface area contributed by atoms with Crippen LogP contribution in [0.15, 0.2) is 24.3 Å². The molecule has 100 valence electrons. The maximum atomic E-state index is 5.85. The lowest BCUT2D eigenvalue weighted by molar-refractivity contribution is 0.252. The van der Waals surface area contributed by atoms with E-state index in [2.05, 4.69) is 43.4 Å². The summed E-state index contributed by atoms with van der Waals surface area (Å²) in [6.45, 7) is 6.16. The van der Waals surface area contributed by atoms with E-state index in [1.54, 1.807) is 0 Å². The van der Waals surface area contributed by atoms with Crippen LogP contribution in [-0.2, 0) is 6.54 Å². The van der Waals surface area contributed by atoms with E-state index in [1.807, 2.05) is 0 Å². The second-order valence-corrected chi connectivity index (χ2v) is 5.64. The van der Waals surface area contributed by atoms with E-state index < -0.39 is 0 Å². The molecule has 1 aromatic carbocycles. The van der Waals surface area contributed by atoms with Crippen molar-refractivity contribution in [2.45, 2.75) is 52.1 Å². The van der Waals surface area contributed by atoms with E-state index in [4.69, 9.17) is 4.74 Å². The molecule has 0 atom stereocenters. The van der Waals surface area contributed by atoms with Crippen molar-refractivity contribution in [2.75, 3.05) is 6.61 Å². The highest BCUT2D eigenvalue weighted by atomic mass is 16.5. The molecule has 2 heteroatoms. The molecule has 0 heterocycles. The summed E-state index contributed by atoms with van der Waals surface area (Å²) < 4.78 is 5.85. The fourth-order valence-corrected chi connectivity index (χ4v) is 2.42.